The largest absolute Gasteiger partial charge is 0.510 e. The lowest BCUT2D eigenvalue weighted by Gasteiger charge is -2.31. The zero-order valence-corrected chi connectivity index (χ0v) is 26.9. The summed E-state index contributed by atoms with van der Waals surface area (Å²) in [5, 5.41) is 35.6. The van der Waals surface area contributed by atoms with E-state index in [9.17, 15) is 44.1 Å². The smallest absolute Gasteiger partial charge is 0.260 e. The number of rotatable bonds is 5. The highest BCUT2D eigenvalue weighted by Gasteiger charge is 2.53. The number of benzene rings is 1. The van der Waals surface area contributed by atoms with Gasteiger partial charge in [0.05, 0.1) is 56.8 Å². The molecule has 2 aromatic rings. The van der Waals surface area contributed by atoms with Crippen LogP contribution in [0.2, 0.25) is 5.02 Å². The minimum absolute atomic E-state index is 0.00762. The second kappa shape index (κ2) is 11.4. The molecule has 49 heavy (non-hydrogen) atoms. The Morgan fingerprint density at radius 2 is 1.65 bits per heavy atom. The Kier molecular flexibility index (Phi) is 7.46. The summed E-state index contributed by atoms with van der Waals surface area (Å²) >= 11 is 6.81. The van der Waals surface area contributed by atoms with E-state index >= 15 is 0 Å². The number of ether oxygens (including phenoxy) is 1. The van der Waals surface area contributed by atoms with Crippen molar-refractivity contribution in [3.63, 3.8) is 0 Å². The topological polar surface area (TPSA) is 219 Å². The minimum Gasteiger partial charge on any atom is -0.510 e. The van der Waals surface area contributed by atoms with Crippen LogP contribution in [0.15, 0.2) is 41.2 Å². The van der Waals surface area contributed by atoms with Crippen molar-refractivity contribution >= 4 is 46.0 Å². The fourth-order valence-electron chi connectivity index (χ4n) is 7.30. The number of aromatic amines is 1. The molecule has 1 saturated heterocycles. The first-order chi connectivity index (χ1) is 23.3. The number of hydrazone groups is 1. The average Bonchev–Trinajstić information content (AvgIpc) is 3.57. The van der Waals surface area contributed by atoms with Gasteiger partial charge in [0.1, 0.15) is 22.7 Å². The van der Waals surface area contributed by atoms with Crippen LogP contribution in [-0.4, -0.2) is 89.1 Å². The lowest BCUT2D eigenvalue weighted by molar-refractivity contribution is -0.122. The van der Waals surface area contributed by atoms with Gasteiger partial charge in [0, 0.05) is 43.2 Å². The number of carbonyl (C=O) groups excluding carboxylic acids is 1. The van der Waals surface area contributed by atoms with Crippen LogP contribution in [0, 0.1) is 10.4 Å². The molecule has 2 heterocycles. The maximum atomic E-state index is 13.7. The molecule has 1 aromatic heterocycles. The average molecular weight is 690 g/mol. The van der Waals surface area contributed by atoms with Crippen molar-refractivity contribution in [2.75, 3.05) is 46.9 Å². The number of aromatic hydroxyl groups is 1. The molecule has 1 aromatic carbocycles. The quantitative estimate of drug-likeness (QED) is 0.112. The summed E-state index contributed by atoms with van der Waals surface area (Å²) in [6, 6.07) is 2.19. The number of H-pyrrole nitrogens is 1. The third-order valence-corrected chi connectivity index (χ3v) is 10.2. The second-order valence-corrected chi connectivity index (χ2v) is 12.8. The van der Waals surface area contributed by atoms with Crippen LogP contribution in [-0.2, 0) is 16.6 Å². The van der Waals surface area contributed by atoms with E-state index in [1.54, 1.807) is 0 Å². The van der Waals surface area contributed by atoms with E-state index in [0.717, 1.165) is 39.4 Å². The Morgan fingerprint density at radius 3 is 2.31 bits per heavy atom. The fraction of sp³-hybridized carbons (Fsp3) is 0.303. The van der Waals surface area contributed by atoms with Crippen molar-refractivity contribution in [3.8, 4) is 11.5 Å². The van der Waals surface area contributed by atoms with Crippen molar-refractivity contribution < 1.29 is 24.9 Å². The van der Waals surface area contributed by atoms with Gasteiger partial charge in [0.25, 0.3) is 11.5 Å². The summed E-state index contributed by atoms with van der Waals surface area (Å²) in [7, 11) is 3.11. The number of aliphatic hydroxyl groups excluding tert-OH is 2. The molecule has 5 N–H and O–H groups in total. The zero-order chi connectivity index (χ0) is 35.1. The number of piperazine rings is 1. The van der Waals surface area contributed by atoms with Crippen molar-refractivity contribution in [2.24, 2.45) is 5.10 Å². The van der Waals surface area contributed by atoms with Crippen LogP contribution >= 0.6 is 11.6 Å². The number of amides is 1. The fourth-order valence-corrected chi connectivity index (χ4v) is 7.64. The monoisotopic (exact) mass is 689 g/mol. The van der Waals surface area contributed by atoms with E-state index in [2.05, 4.69) is 20.4 Å². The first kappa shape index (κ1) is 32.2. The highest BCUT2D eigenvalue weighted by Crippen LogP contribution is 2.56. The first-order valence-corrected chi connectivity index (χ1v) is 15.6. The SMILES string of the molecule is COc1cc(=O)c2c(=O)c3c(c(=O)c=2c1=O)=C(O)[C@]1(CCc2c1c(O)c1c(=O)[nH]c(C=NNC(=O)CN4CCN(C)CC4)cc1c2Cl)C=3O. The molecule has 0 bridgehead atoms. The van der Waals surface area contributed by atoms with Gasteiger partial charge < -0.3 is 29.9 Å². The molecule has 1 spiro atoms. The van der Waals surface area contributed by atoms with E-state index in [-0.39, 0.29) is 57.9 Å². The van der Waals surface area contributed by atoms with Gasteiger partial charge in [0.15, 0.2) is 11.2 Å². The van der Waals surface area contributed by atoms with Gasteiger partial charge in [-0.1, -0.05) is 11.6 Å². The molecular formula is C33H28ClN5O10. The number of carbonyl (C=O) groups is 1. The number of nitrogens with one attached hydrogen (secondary N) is 2. The van der Waals surface area contributed by atoms with Gasteiger partial charge in [-0.05, 0) is 31.5 Å². The van der Waals surface area contributed by atoms with Crippen molar-refractivity contribution in [3.05, 3.63) is 106 Å². The molecule has 1 amide bonds. The molecule has 0 saturated carbocycles. The second-order valence-electron chi connectivity index (χ2n) is 12.4. The minimum atomic E-state index is -2.09. The summed E-state index contributed by atoms with van der Waals surface area (Å²) in [4.78, 5) is 85.6. The first-order valence-electron chi connectivity index (χ1n) is 15.2. The Labute approximate surface area is 278 Å². The molecule has 1 aliphatic heterocycles. The van der Waals surface area contributed by atoms with E-state index in [0.29, 0.717) is 0 Å². The standard InChI is InChI=1S/C33H28ClN5O10/c1-38-5-7-39(8-6-38)12-18(41)37-35-11-13-9-15-19(32(48)36-13)29(45)24-14(25(15)34)3-4-33(24)30(46)22-23(31(33)47)28(44)21-20(27(22)43)16(40)10-17(49-2)26(21)42/h9-11,45-47H,3-8,12H2,1-2H3,(H,36,48)(H,37,41)/t33-/m0/s1. The molecule has 15 nitrogen and oxygen atoms in total. The van der Waals surface area contributed by atoms with Crippen LogP contribution in [0.5, 0.6) is 11.5 Å². The highest BCUT2D eigenvalue weighted by atomic mass is 35.5. The van der Waals surface area contributed by atoms with Crippen LogP contribution in [0.4, 0.5) is 0 Å². The summed E-state index contributed by atoms with van der Waals surface area (Å²) in [6.07, 6.45) is 1.02. The molecule has 5 aliphatic rings. The maximum absolute atomic E-state index is 13.7. The number of phenolic OH excluding ortho intramolecular Hbond substituents is 1. The summed E-state index contributed by atoms with van der Waals surface area (Å²) < 4.78 is 4.90. The Balaban J connectivity index is 1.34. The number of fused-ring (bicyclic) bond motifs is 4. The number of hydrogen-bond acceptors (Lipinski definition) is 13. The molecule has 1 fully saturated rings. The maximum Gasteiger partial charge on any atom is 0.260 e. The molecule has 16 heteroatoms. The molecule has 1 atom stereocenters. The highest BCUT2D eigenvalue weighted by molar-refractivity contribution is 6.37. The van der Waals surface area contributed by atoms with Crippen molar-refractivity contribution in [1.82, 2.24) is 20.2 Å². The third kappa shape index (κ3) is 4.53. The normalized spacial score (nSPS) is 19.4. The predicted molar refractivity (Wildman–Crippen MR) is 178 cm³/mol. The van der Waals surface area contributed by atoms with Gasteiger partial charge in [-0.25, -0.2) is 5.43 Å². The van der Waals surface area contributed by atoms with Crippen LogP contribution in [0.25, 0.3) is 22.3 Å². The Hall–Kier alpha value is -5.38. The number of aliphatic hydroxyl groups is 2. The van der Waals surface area contributed by atoms with E-state index < -0.39 is 76.6 Å². The van der Waals surface area contributed by atoms with Crippen LogP contribution < -0.4 is 47.9 Å². The number of pyridine rings is 1. The Bertz CT molecular complexity index is 2660. The lowest BCUT2D eigenvalue weighted by Crippen LogP contribution is -2.51. The number of aromatic nitrogens is 1. The van der Waals surface area contributed by atoms with E-state index in [4.69, 9.17) is 16.3 Å². The zero-order valence-electron chi connectivity index (χ0n) is 26.1. The predicted octanol–water partition coefficient (Wildman–Crippen LogP) is -2.14. The molecule has 252 valence electrons. The number of phenols is 1. The van der Waals surface area contributed by atoms with Gasteiger partial charge in [0.2, 0.25) is 16.3 Å². The van der Waals surface area contributed by atoms with Crippen molar-refractivity contribution in [2.45, 2.75) is 18.3 Å². The summed E-state index contributed by atoms with van der Waals surface area (Å²) in [5.41, 5.74) is -4.72. The Morgan fingerprint density at radius 1 is 1.00 bits per heavy atom. The van der Waals surface area contributed by atoms with E-state index in [1.165, 1.54) is 12.3 Å². The van der Waals surface area contributed by atoms with Crippen molar-refractivity contribution in [1.29, 1.82) is 0 Å². The number of likely N-dealkylation sites (N-methyl/N-ethyl adjacent to an activating group) is 1. The number of methoxy groups -OCH3 is 1. The number of nitrogens with zero attached hydrogens (tertiary/aromatic N) is 3. The van der Waals surface area contributed by atoms with Gasteiger partial charge in [-0.3, -0.25) is 33.7 Å². The molecule has 4 aliphatic carbocycles. The third-order valence-electron chi connectivity index (χ3n) is 9.73. The van der Waals surface area contributed by atoms with Gasteiger partial charge in [-0.2, -0.15) is 5.10 Å². The summed E-state index contributed by atoms with van der Waals surface area (Å²) in [6.45, 7) is 3.30. The molecule has 0 unspecified atom stereocenters. The molecular weight excluding hydrogens is 662 g/mol. The van der Waals surface area contributed by atoms with Crippen LogP contribution in [0.3, 0.4) is 0 Å². The summed E-state index contributed by atoms with van der Waals surface area (Å²) in [5.74, 6) is -3.17. The number of halogens is 1. The van der Waals surface area contributed by atoms with Gasteiger partial charge in [-0.15, -0.1) is 0 Å². The van der Waals surface area contributed by atoms with Crippen LogP contribution in [0.1, 0.15) is 23.2 Å². The molecule has 0 radical (unpaired) electrons. The molecule has 7 rings (SSSR count). The number of hydrogen-bond donors (Lipinski definition) is 5. The van der Waals surface area contributed by atoms with Gasteiger partial charge >= 0.3 is 0 Å². The lowest BCUT2D eigenvalue weighted by atomic mass is 9.78. The van der Waals surface area contributed by atoms with E-state index in [1.807, 2.05) is 11.9 Å².